The van der Waals surface area contributed by atoms with Crippen LogP contribution in [-0.4, -0.2) is 40.6 Å². The highest BCUT2D eigenvalue weighted by Gasteiger charge is 2.27. The Morgan fingerprint density at radius 2 is 1.94 bits per heavy atom. The van der Waals surface area contributed by atoms with Crippen molar-refractivity contribution >= 4 is 22.4 Å². The van der Waals surface area contributed by atoms with Gasteiger partial charge in [0.1, 0.15) is 5.92 Å². The first-order chi connectivity index (χ1) is 16.2. The van der Waals surface area contributed by atoms with Gasteiger partial charge in [-0.15, -0.1) is 10.2 Å². The Morgan fingerprint density at radius 3 is 2.73 bits per heavy atom. The van der Waals surface area contributed by atoms with Crippen molar-refractivity contribution in [2.45, 2.75) is 32.1 Å². The average molecular weight is 438 g/mol. The fraction of sp³-hybridized carbons (Fsp3) is 0.200. The van der Waals surface area contributed by atoms with Crippen LogP contribution in [0.4, 0.5) is 0 Å². The number of hydrogen-bond donors (Lipinski definition) is 1. The van der Waals surface area contributed by atoms with Crippen molar-refractivity contribution in [3.8, 4) is 11.3 Å². The minimum atomic E-state index is -0.963. The van der Waals surface area contributed by atoms with E-state index < -0.39 is 11.9 Å². The predicted molar refractivity (Wildman–Crippen MR) is 124 cm³/mol. The number of carboxylic acid groups (broad SMARTS) is 1. The molecule has 1 atom stereocenters. The maximum atomic E-state index is 12.3. The van der Waals surface area contributed by atoms with Crippen LogP contribution in [0.5, 0.6) is 0 Å². The molecular formula is C25H22N6O2. The first-order valence-electron chi connectivity index (χ1n) is 10.8. The number of aromatic nitrogens is 6. The van der Waals surface area contributed by atoms with Gasteiger partial charge in [0.15, 0.2) is 11.5 Å². The van der Waals surface area contributed by atoms with Gasteiger partial charge in [-0.05, 0) is 29.9 Å². The Balaban J connectivity index is 1.70. The molecule has 0 spiro atoms. The average Bonchev–Trinajstić information content (AvgIpc) is 3.27. The molecule has 1 aromatic carbocycles. The molecule has 5 rings (SSSR count). The number of benzene rings is 1. The lowest BCUT2D eigenvalue weighted by Crippen LogP contribution is -2.18. The van der Waals surface area contributed by atoms with Gasteiger partial charge in [-0.25, -0.2) is 4.98 Å². The summed E-state index contributed by atoms with van der Waals surface area (Å²) in [7, 11) is 0. The largest absolute Gasteiger partial charge is 0.481 e. The topological polar surface area (TPSA) is 106 Å². The molecule has 5 aromatic rings. The van der Waals surface area contributed by atoms with Gasteiger partial charge in [0.05, 0.1) is 11.4 Å². The van der Waals surface area contributed by atoms with E-state index in [-0.39, 0.29) is 6.42 Å². The maximum absolute atomic E-state index is 12.3. The highest BCUT2D eigenvalue weighted by atomic mass is 16.4. The lowest BCUT2D eigenvalue weighted by Gasteiger charge is -2.13. The van der Waals surface area contributed by atoms with Crippen LogP contribution in [0.2, 0.25) is 0 Å². The summed E-state index contributed by atoms with van der Waals surface area (Å²) in [4.78, 5) is 25.7. The maximum Gasteiger partial charge on any atom is 0.314 e. The van der Waals surface area contributed by atoms with Gasteiger partial charge in [0.25, 0.3) is 0 Å². The Hall–Kier alpha value is -4.20. The third-order valence-corrected chi connectivity index (χ3v) is 5.69. The van der Waals surface area contributed by atoms with Crippen LogP contribution in [0.25, 0.3) is 27.7 Å². The van der Waals surface area contributed by atoms with Gasteiger partial charge >= 0.3 is 5.97 Å². The number of nitrogens with zero attached hydrogens (tertiary/aromatic N) is 6. The van der Waals surface area contributed by atoms with Gasteiger partial charge in [-0.2, -0.15) is 0 Å². The van der Waals surface area contributed by atoms with E-state index in [1.54, 1.807) is 29.1 Å². The summed E-state index contributed by atoms with van der Waals surface area (Å²) < 4.78 is 1.78. The summed E-state index contributed by atoms with van der Waals surface area (Å²) in [5.74, 6) is -1.47. The highest BCUT2D eigenvalue weighted by Crippen LogP contribution is 2.29. The first kappa shape index (κ1) is 20.7. The minimum absolute atomic E-state index is 0.264. The number of carbonyl (C=O) groups is 1. The van der Waals surface area contributed by atoms with Crippen molar-refractivity contribution in [3.05, 3.63) is 84.5 Å². The second-order valence-electron chi connectivity index (χ2n) is 7.94. The van der Waals surface area contributed by atoms with Crippen LogP contribution >= 0.6 is 0 Å². The number of hydrogen-bond acceptors (Lipinski definition) is 6. The molecule has 0 saturated heterocycles. The van der Waals surface area contributed by atoms with Gasteiger partial charge in [-0.3, -0.25) is 19.2 Å². The fourth-order valence-corrected chi connectivity index (χ4v) is 4.11. The quantitative estimate of drug-likeness (QED) is 0.408. The smallest absolute Gasteiger partial charge is 0.314 e. The fourth-order valence-electron chi connectivity index (χ4n) is 4.11. The molecule has 4 aromatic heterocycles. The summed E-state index contributed by atoms with van der Waals surface area (Å²) in [6.07, 6.45) is 10.6. The molecule has 0 aliphatic heterocycles. The normalized spacial score (nSPS) is 12.3. The van der Waals surface area contributed by atoms with Crippen LogP contribution in [-0.2, 0) is 17.6 Å². The van der Waals surface area contributed by atoms with Crippen molar-refractivity contribution in [2.75, 3.05) is 0 Å². The zero-order chi connectivity index (χ0) is 22.8. The van der Waals surface area contributed by atoms with Crippen LogP contribution in [0.15, 0.2) is 67.4 Å². The van der Waals surface area contributed by atoms with Crippen molar-refractivity contribution in [1.82, 2.24) is 29.5 Å². The number of carboxylic acids is 1. The standard InChI is InChI=1S/C25H22N6O2/c1-2-6-21-24-30-29-23(19(25(32)33)11-16-7-5-10-26-12-16)31(24)15-22(28-21)20-14-27-13-17-8-3-4-9-18(17)20/h3-5,7-10,12-15,19H,2,6,11H2,1H3,(H,32,33). The molecule has 8 heteroatoms. The van der Waals surface area contributed by atoms with E-state index in [9.17, 15) is 9.90 Å². The minimum Gasteiger partial charge on any atom is -0.481 e. The van der Waals surface area contributed by atoms with Crippen molar-refractivity contribution in [1.29, 1.82) is 0 Å². The molecule has 0 amide bonds. The monoisotopic (exact) mass is 438 g/mol. The molecular weight excluding hydrogens is 416 g/mol. The lowest BCUT2D eigenvalue weighted by atomic mass is 9.99. The van der Waals surface area contributed by atoms with Crippen molar-refractivity contribution in [3.63, 3.8) is 0 Å². The van der Waals surface area contributed by atoms with Gasteiger partial charge in [0, 0.05) is 41.9 Å². The zero-order valence-electron chi connectivity index (χ0n) is 18.1. The van der Waals surface area contributed by atoms with E-state index in [4.69, 9.17) is 4.98 Å². The molecule has 4 heterocycles. The Labute approximate surface area is 190 Å². The van der Waals surface area contributed by atoms with Gasteiger partial charge in [0.2, 0.25) is 0 Å². The molecule has 0 aliphatic rings. The Bertz CT molecular complexity index is 1440. The number of rotatable bonds is 7. The summed E-state index contributed by atoms with van der Waals surface area (Å²) in [6.45, 7) is 2.07. The molecule has 0 bridgehead atoms. The molecule has 1 N–H and O–H groups in total. The summed E-state index contributed by atoms with van der Waals surface area (Å²) in [5, 5.41) is 20.7. The first-order valence-corrected chi connectivity index (χ1v) is 10.8. The lowest BCUT2D eigenvalue weighted by molar-refractivity contribution is -0.139. The van der Waals surface area contributed by atoms with Crippen LogP contribution < -0.4 is 0 Å². The summed E-state index contributed by atoms with van der Waals surface area (Å²) in [5.41, 5.74) is 3.78. The molecule has 33 heavy (non-hydrogen) atoms. The summed E-state index contributed by atoms with van der Waals surface area (Å²) in [6, 6.07) is 11.7. The molecule has 0 saturated carbocycles. The van der Waals surface area contributed by atoms with Crippen molar-refractivity contribution < 1.29 is 9.90 Å². The van der Waals surface area contributed by atoms with E-state index in [1.807, 2.05) is 42.7 Å². The number of aryl methyl sites for hydroxylation is 1. The molecule has 8 nitrogen and oxygen atoms in total. The van der Waals surface area contributed by atoms with Crippen LogP contribution in [0.1, 0.15) is 36.3 Å². The van der Waals surface area contributed by atoms with E-state index >= 15 is 0 Å². The molecule has 0 fully saturated rings. The van der Waals surface area contributed by atoms with Crippen LogP contribution in [0, 0.1) is 0 Å². The predicted octanol–water partition coefficient (Wildman–Crippen LogP) is 4.10. The van der Waals surface area contributed by atoms with E-state index in [0.717, 1.165) is 34.0 Å². The van der Waals surface area contributed by atoms with E-state index in [0.29, 0.717) is 23.6 Å². The number of fused-ring (bicyclic) bond motifs is 2. The third-order valence-electron chi connectivity index (χ3n) is 5.69. The Kier molecular flexibility index (Phi) is 5.48. The zero-order valence-corrected chi connectivity index (χ0v) is 18.1. The molecule has 0 radical (unpaired) electrons. The third kappa shape index (κ3) is 3.91. The number of pyridine rings is 2. The van der Waals surface area contributed by atoms with Gasteiger partial charge in [-0.1, -0.05) is 43.7 Å². The van der Waals surface area contributed by atoms with E-state index in [1.165, 1.54) is 0 Å². The highest BCUT2D eigenvalue weighted by molar-refractivity contribution is 5.94. The molecule has 1 unspecified atom stereocenters. The SMILES string of the molecule is CCCc1nc(-c2cncc3ccccc23)cn2c(C(Cc3cccnc3)C(=O)O)nnc12. The van der Waals surface area contributed by atoms with E-state index in [2.05, 4.69) is 27.1 Å². The molecule has 164 valence electrons. The van der Waals surface area contributed by atoms with Gasteiger partial charge < -0.3 is 5.11 Å². The Morgan fingerprint density at radius 1 is 1.06 bits per heavy atom. The number of aliphatic carboxylic acids is 1. The van der Waals surface area contributed by atoms with Crippen LogP contribution in [0.3, 0.4) is 0 Å². The second-order valence-corrected chi connectivity index (χ2v) is 7.94. The van der Waals surface area contributed by atoms with Crippen molar-refractivity contribution in [2.24, 2.45) is 0 Å². The molecule has 0 aliphatic carbocycles. The second kappa shape index (κ2) is 8.74. The summed E-state index contributed by atoms with van der Waals surface area (Å²) >= 11 is 0.